The van der Waals surface area contributed by atoms with Crippen LogP contribution in [0.1, 0.15) is 6.92 Å². The van der Waals surface area contributed by atoms with E-state index in [1.807, 2.05) is 25.1 Å². The second kappa shape index (κ2) is 5.10. The fourth-order valence-corrected chi connectivity index (χ4v) is 1.42. The van der Waals surface area contributed by atoms with Gasteiger partial charge in [-0.1, -0.05) is 30.3 Å². The average molecular weight is 180 g/mol. The van der Waals surface area contributed by atoms with Crippen molar-refractivity contribution in [2.45, 2.75) is 6.92 Å². The summed E-state index contributed by atoms with van der Waals surface area (Å²) >= 11 is 0. The van der Waals surface area contributed by atoms with E-state index in [-0.39, 0.29) is 18.9 Å². The first-order chi connectivity index (χ1) is 6.40. The van der Waals surface area contributed by atoms with Crippen molar-refractivity contribution >= 4 is 29.6 Å². The van der Waals surface area contributed by atoms with Crippen LogP contribution in [0.25, 0.3) is 10.8 Å². The molecular weight excluding hydrogens is 167 g/mol. The Morgan fingerprint density at radius 2 is 1.71 bits per heavy atom. The molecule has 0 atom stereocenters. The summed E-state index contributed by atoms with van der Waals surface area (Å²) in [6.07, 6.45) is 0. The summed E-state index contributed by atoms with van der Waals surface area (Å²) in [4.78, 5) is 0. The van der Waals surface area contributed by atoms with Crippen molar-refractivity contribution in [2.75, 3.05) is 6.61 Å². The van der Waals surface area contributed by atoms with E-state index in [9.17, 15) is 0 Å². The van der Waals surface area contributed by atoms with Crippen molar-refractivity contribution in [3.8, 4) is 5.75 Å². The fourth-order valence-electron chi connectivity index (χ4n) is 1.42. The molecule has 0 bridgehead atoms. The topological polar surface area (TPSA) is 9.23 Å². The Labute approximate surface area is 96.3 Å². The van der Waals surface area contributed by atoms with Crippen LogP contribution in [-0.4, -0.2) is 25.5 Å². The third-order valence-electron chi connectivity index (χ3n) is 2.03. The molecule has 0 N–H and O–H groups in total. The van der Waals surface area contributed by atoms with Gasteiger partial charge in [0.25, 0.3) is 0 Å². The van der Waals surface area contributed by atoms with Crippen LogP contribution in [-0.2, 0) is 0 Å². The monoisotopic (exact) mass is 180 g/mol. The van der Waals surface area contributed by atoms with Crippen molar-refractivity contribution in [1.82, 2.24) is 0 Å². The first kappa shape index (κ1) is 11.2. The SMILES string of the molecule is CCOc1ccc2ccccc2c1.[LiH]. The van der Waals surface area contributed by atoms with Gasteiger partial charge in [-0.2, -0.15) is 0 Å². The molecule has 0 aromatic heterocycles. The quantitative estimate of drug-likeness (QED) is 0.645. The molecule has 0 spiro atoms. The maximum atomic E-state index is 5.41. The second-order valence-electron chi connectivity index (χ2n) is 2.94. The van der Waals surface area contributed by atoms with Gasteiger partial charge in [-0.05, 0) is 29.8 Å². The Kier molecular flexibility index (Phi) is 4.07. The molecule has 0 fully saturated rings. The standard InChI is InChI=1S/C12H12O.Li.H/c1-2-13-12-8-7-10-5-3-4-6-11(10)9-12;;/h3-9H,2H2,1H3;;. The minimum absolute atomic E-state index is 0. The molecule has 0 aliphatic carbocycles. The molecule has 68 valence electrons. The molecule has 0 heterocycles. The maximum absolute atomic E-state index is 5.41. The second-order valence-corrected chi connectivity index (χ2v) is 2.94. The van der Waals surface area contributed by atoms with Crippen molar-refractivity contribution < 1.29 is 4.74 Å². The number of fused-ring (bicyclic) bond motifs is 1. The van der Waals surface area contributed by atoms with Gasteiger partial charge in [0.05, 0.1) is 6.61 Å². The molecule has 0 saturated carbocycles. The predicted octanol–water partition coefficient (Wildman–Crippen LogP) is 2.59. The van der Waals surface area contributed by atoms with Crippen LogP contribution in [0.3, 0.4) is 0 Å². The van der Waals surface area contributed by atoms with Crippen LogP contribution in [0.4, 0.5) is 0 Å². The molecule has 0 radical (unpaired) electrons. The molecule has 2 aromatic rings. The molecular formula is C12H13LiO. The van der Waals surface area contributed by atoms with Gasteiger partial charge in [-0.3, -0.25) is 0 Å². The molecule has 0 saturated heterocycles. The average Bonchev–Trinajstić information content (AvgIpc) is 2.18. The summed E-state index contributed by atoms with van der Waals surface area (Å²) in [5.74, 6) is 0.946. The van der Waals surface area contributed by atoms with Gasteiger partial charge in [-0.25, -0.2) is 0 Å². The van der Waals surface area contributed by atoms with Crippen LogP contribution in [0.15, 0.2) is 42.5 Å². The van der Waals surface area contributed by atoms with Crippen molar-refractivity contribution in [3.63, 3.8) is 0 Å². The third kappa shape index (κ3) is 2.32. The zero-order chi connectivity index (χ0) is 9.10. The van der Waals surface area contributed by atoms with Crippen LogP contribution < -0.4 is 4.74 Å². The van der Waals surface area contributed by atoms with Crippen LogP contribution in [0.2, 0.25) is 0 Å². The van der Waals surface area contributed by atoms with Gasteiger partial charge in [0.15, 0.2) is 0 Å². The summed E-state index contributed by atoms with van der Waals surface area (Å²) in [6.45, 7) is 2.72. The normalized spacial score (nSPS) is 9.50. The predicted molar refractivity (Wildman–Crippen MR) is 62.3 cm³/mol. The number of ether oxygens (including phenoxy) is 1. The third-order valence-corrected chi connectivity index (χ3v) is 2.03. The summed E-state index contributed by atoms with van der Waals surface area (Å²) in [5, 5.41) is 2.49. The van der Waals surface area contributed by atoms with E-state index >= 15 is 0 Å². The van der Waals surface area contributed by atoms with E-state index < -0.39 is 0 Å². The fraction of sp³-hybridized carbons (Fsp3) is 0.167. The Balaban J connectivity index is 0.000000980. The molecule has 0 unspecified atom stereocenters. The summed E-state index contributed by atoms with van der Waals surface area (Å²) in [5.41, 5.74) is 0. The molecule has 2 aromatic carbocycles. The van der Waals surface area contributed by atoms with E-state index in [0.29, 0.717) is 0 Å². The molecule has 0 aliphatic rings. The molecule has 2 rings (SSSR count). The first-order valence-electron chi connectivity index (χ1n) is 4.52. The molecule has 2 heteroatoms. The number of hydrogen-bond acceptors (Lipinski definition) is 1. The van der Waals surface area contributed by atoms with Crippen molar-refractivity contribution in [3.05, 3.63) is 42.5 Å². The zero-order valence-corrected chi connectivity index (χ0v) is 7.66. The van der Waals surface area contributed by atoms with E-state index in [4.69, 9.17) is 4.74 Å². The summed E-state index contributed by atoms with van der Waals surface area (Å²) in [6, 6.07) is 14.4. The van der Waals surface area contributed by atoms with E-state index in [1.165, 1.54) is 10.8 Å². The van der Waals surface area contributed by atoms with Gasteiger partial charge in [0.2, 0.25) is 0 Å². The molecule has 14 heavy (non-hydrogen) atoms. The minimum atomic E-state index is 0. The van der Waals surface area contributed by atoms with Crippen LogP contribution in [0, 0.1) is 0 Å². The number of rotatable bonds is 2. The Hall–Kier alpha value is -0.903. The molecule has 1 nitrogen and oxygen atoms in total. The van der Waals surface area contributed by atoms with E-state index in [0.717, 1.165) is 12.4 Å². The van der Waals surface area contributed by atoms with E-state index in [2.05, 4.69) is 24.3 Å². The van der Waals surface area contributed by atoms with Gasteiger partial charge >= 0.3 is 18.9 Å². The molecule has 0 amide bonds. The van der Waals surface area contributed by atoms with Gasteiger partial charge in [-0.15, -0.1) is 0 Å². The van der Waals surface area contributed by atoms with Gasteiger partial charge in [0.1, 0.15) is 5.75 Å². The van der Waals surface area contributed by atoms with Gasteiger partial charge in [0, 0.05) is 0 Å². The van der Waals surface area contributed by atoms with Crippen LogP contribution in [0.5, 0.6) is 5.75 Å². The Bertz CT molecular complexity index is 412. The van der Waals surface area contributed by atoms with Crippen molar-refractivity contribution in [2.24, 2.45) is 0 Å². The molecule has 0 aliphatic heterocycles. The number of hydrogen-bond donors (Lipinski definition) is 0. The summed E-state index contributed by atoms with van der Waals surface area (Å²) in [7, 11) is 0. The summed E-state index contributed by atoms with van der Waals surface area (Å²) < 4.78 is 5.41. The van der Waals surface area contributed by atoms with Crippen LogP contribution >= 0.6 is 0 Å². The zero-order valence-electron chi connectivity index (χ0n) is 7.66. The Morgan fingerprint density at radius 3 is 2.43 bits per heavy atom. The van der Waals surface area contributed by atoms with Gasteiger partial charge < -0.3 is 4.74 Å². The van der Waals surface area contributed by atoms with Crippen molar-refractivity contribution in [1.29, 1.82) is 0 Å². The van der Waals surface area contributed by atoms with E-state index in [1.54, 1.807) is 0 Å². The Morgan fingerprint density at radius 1 is 1.00 bits per heavy atom. The number of benzene rings is 2. The first-order valence-corrected chi connectivity index (χ1v) is 4.52.